The second-order valence-electron chi connectivity index (χ2n) is 11.3. The first-order chi connectivity index (χ1) is 20.9. The van der Waals surface area contributed by atoms with E-state index in [0.29, 0.717) is 39.0 Å². The average Bonchev–Trinajstić information content (AvgIpc) is 3.50. The van der Waals surface area contributed by atoms with Gasteiger partial charge in [-0.2, -0.15) is 0 Å². The van der Waals surface area contributed by atoms with Crippen molar-refractivity contribution in [2.75, 3.05) is 44.9 Å². The van der Waals surface area contributed by atoms with Crippen LogP contribution < -0.4 is 15.0 Å². The molecule has 3 N–H and O–H groups in total. The molecule has 0 saturated carbocycles. The molecule has 2 amide bonds. The van der Waals surface area contributed by atoms with Crippen LogP contribution in [0, 0.1) is 5.92 Å². The molecular formula is C34H47N3O6. The molecule has 9 heteroatoms. The van der Waals surface area contributed by atoms with E-state index in [1.165, 1.54) is 0 Å². The number of amides is 2. The lowest BCUT2D eigenvalue weighted by Crippen LogP contribution is -2.49. The van der Waals surface area contributed by atoms with E-state index in [1.807, 2.05) is 61.5 Å². The van der Waals surface area contributed by atoms with Crippen molar-refractivity contribution in [2.45, 2.75) is 70.6 Å². The maximum Gasteiger partial charge on any atom is 0.249 e. The first-order valence-corrected chi connectivity index (χ1v) is 15.5. The van der Waals surface area contributed by atoms with Crippen molar-refractivity contribution in [2.24, 2.45) is 5.92 Å². The fourth-order valence-corrected chi connectivity index (χ4v) is 6.14. The Labute approximate surface area is 255 Å². The number of hydrogen-bond donors (Lipinski definition) is 3. The summed E-state index contributed by atoms with van der Waals surface area (Å²) in [6.45, 7) is 6.08. The summed E-state index contributed by atoms with van der Waals surface area (Å²) < 4.78 is 11.6. The van der Waals surface area contributed by atoms with Crippen molar-refractivity contribution in [1.82, 2.24) is 10.2 Å². The highest BCUT2D eigenvalue weighted by Gasteiger charge is 2.34. The highest BCUT2D eigenvalue weighted by Crippen LogP contribution is 2.37. The number of carbonyl (C=O) groups excluding carboxylic acids is 2. The van der Waals surface area contributed by atoms with Crippen LogP contribution in [0.3, 0.4) is 0 Å². The summed E-state index contributed by atoms with van der Waals surface area (Å²) in [5.41, 5.74) is 3.63. The Bertz CT molecular complexity index is 1230. The van der Waals surface area contributed by atoms with Crippen LogP contribution in [0.5, 0.6) is 5.75 Å². The van der Waals surface area contributed by atoms with Crippen LogP contribution >= 0.6 is 0 Å². The van der Waals surface area contributed by atoms with Gasteiger partial charge in [-0.1, -0.05) is 31.2 Å². The standard InChI is InChI=1S/C34H47N3O6/c1-4-43-29-16-17-31-26(21-29)22-30(35-18-5-6-20-38)34(41)37(31)27-14-12-25(13-15-27)33(42-3)24(2)9-7-11-32(40)36-19-8-10-28(36)23-39/h7,9,12-17,21,24,28,30,33,35,38-39H,4-6,8,10-11,18-20,22-23H2,1-3H3/b9-7+/t24-,28-,30?,33+/m0/s1. The normalized spacial score (nSPS) is 20.0. The van der Waals surface area contributed by atoms with E-state index in [0.717, 1.165) is 47.5 Å². The van der Waals surface area contributed by atoms with E-state index >= 15 is 0 Å². The van der Waals surface area contributed by atoms with Gasteiger partial charge in [0.1, 0.15) is 5.75 Å². The Morgan fingerprint density at radius 3 is 2.65 bits per heavy atom. The van der Waals surface area contributed by atoms with Crippen molar-refractivity contribution >= 4 is 23.2 Å². The van der Waals surface area contributed by atoms with Crippen LogP contribution in [-0.2, 0) is 20.7 Å². The summed E-state index contributed by atoms with van der Waals surface area (Å²) in [4.78, 5) is 30.0. The molecule has 2 aromatic rings. The van der Waals surface area contributed by atoms with Gasteiger partial charge in [0, 0.05) is 38.3 Å². The van der Waals surface area contributed by atoms with E-state index in [9.17, 15) is 14.7 Å². The van der Waals surface area contributed by atoms with Crippen molar-refractivity contribution in [3.05, 3.63) is 65.7 Å². The Hall–Kier alpha value is -3.24. The molecular weight excluding hydrogens is 546 g/mol. The Kier molecular flexibility index (Phi) is 12.2. The third kappa shape index (κ3) is 8.03. The number of hydrogen-bond acceptors (Lipinski definition) is 7. The molecule has 2 aromatic carbocycles. The number of likely N-dealkylation sites (tertiary alicyclic amines) is 1. The number of rotatable bonds is 15. The summed E-state index contributed by atoms with van der Waals surface area (Å²) >= 11 is 0. The fraction of sp³-hybridized carbons (Fsp3) is 0.529. The number of anilines is 2. The predicted molar refractivity (Wildman–Crippen MR) is 168 cm³/mol. The first kappa shape index (κ1) is 32.7. The number of fused-ring (bicyclic) bond motifs is 1. The van der Waals surface area contributed by atoms with Gasteiger partial charge in [-0.3, -0.25) is 14.5 Å². The van der Waals surface area contributed by atoms with Gasteiger partial charge in [0.2, 0.25) is 11.8 Å². The van der Waals surface area contributed by atoms with Gasteiger partial charge >= 0.3 is 0 Å². The number of nitrogens with zero attached hydrogens (tertiary/aromatic N) is 2. The first-order valence-electron chi connectivity index (χ1n) is 15.5. The lowest BCUT2D eigenvalue weighted by Gasteiger charge is -2.35. The highest BCUT2D eigenvalue weighted by molar-refractivity contribution is 6.06. The summed E-state index contributed by atoms with van der Waals surface area (Å²) in [7, 11) is 1.68. The number of unbranched alkanes of at least 4 members (excludes halogenated alkanes) is 1. The molecule has 1 unspecified atom stereocenters. The average molecular weight is 594 g/mol. The van der Waals surface area contributed by atoms with Crippen LogP contribution in [0.1, 0.15) is 63.2 Å². The van der Waals surface area contributed by atoms with Crippen LogP contribution in [0.2, 0.25) is 0 Å². The number of benzene rings is 2. The predicted octanol–water partition coefficient (Wildman–Crippen LogP) is 4.29. The molecule has 0 bridgehead atoms. The zero-order valence-corrected chi connectivity index (χ0v) is 25.7. The van der Waals surface area contributed by atoms with Gasteiger partial charge < -0.3 is 29.9 Å². The summed E-state index contributed by atoms with van der Waals surface area (Å²) in [6.07, 6.45) is 7.82. The number of carbonyl (C=O) groups is 2. The maximum absolute atomic E-state index is 13.8. The van der Waals surface area contributed by atoms with Crippen molar-refractivity contribution < 1.29 is 29.3 Å². The molecule has 2 aliphatic rings. The smallest absolute Gasteiger partial charge is 0.249 e. The largest absolute Gasteiger partial charge is 0.494 e. The van der Waals surface area contributed by atoms with Crippen LogP contribution in [-0.4, -0.2) is 79.0 Å². The molecule has 2 aliphatic heterocycles. The highest BCUT2D eigenvalue weighted by atomic mass is 16.5. The van der Waals surface area contributed by atoms with E-state index in [2.05, 4.69) is 12.2 Å². The molecule has 4 atom stereocenters. The Morgan fingerprint density at radius 2 is 1.95 bits per heavy atom. The lowest BCUT2D eigenvalue weighted by atomic mass is 9.94. The third-order valence-corrected chi connectivity index (χ3v) is 8.37. The van der Waals surface area contributed by atoms with Gasteiger partial charge in [0.05, 0.1) is 37.1 Å². The minimum absolute atomic E-state index is 0.0118. The summed E-state index contributed by atoms with van der Waals surface area (Å²) in [5.74, 6) is 0.821. The summed E-state index contributed by atoms with van der Waals surface area (Å²) in [6, 6.07) is 13.3. The van der Waals surface area contributed by atoms with Gasteiger partial charge in [0.15, 0.2) is 0 Å². The number of ether oxygens (including phenoxy) is 2. The zero-order valence-electron chi connectivity index (χ0n) is 25.7. The van der Waals surface area contributed by atoms with Gasteiger partial charge in [-0.25, -0.2) is 0 Å². The lowest BCUT2D eigenvalue weighted by molar-refractivity contribution is -0.131. The second-order valence-corrected chi connectivity index (χ2v) is 11.3. The fourth-order valence-electron chi connectivity index (χ4n) is 6.14. The molecule has 0 aliphatic carbocycles. The molecule has 0 spiro atoms. The Balaban J connectivity index is 1.49. The molecule has 2 heterocycles. The quantitative estimate of drug-likeness (QED) is 0.209. The Morgan fingerprint density at radius 1 is 1.16 bits per heavy atom. The van der Waals surface area contributed by atoms with Crippen molar-refractivity contribution in [1.29, 1.82) is 0 Å². The SMILES string of the molecule is CCOc1ccc2c(c1)CC(NCCCCO)C(=O)N2c1ccc([C@H](OC)[C@@H](C)/C=C/CC(=O)N2CCC[C@H]2CO)cc1. The van der Waals surface area contributed by atoms with Crippen molar-refractivity contribution in [3.8, 4) is 5.75 Å². The molecule has 0 aromatic heterocycles. The summed E-state index contributed by atoms with van der Waals surface area (Å²) in [5, 5.41) is 22.1. The molecule has 43 heavy (non-hydrogen) atoms. The van der Waals surface area contributed by atoms with Gasteiger partial charge in [-0.05, 0) is 87.0 Å². The second kappa shape index (κ2) is 16.0. The molecule has 4 rings (SSSR count). The molecule has 0 radical (unpaired) electrons. The van der Waals surface area contributed by atoms with E-state index < -0.39 is 0 Å². The van der Waals surface area contributed by atoms with Crippen LogP contribution in [0.25, 0.3) is 0 Å². The minimum atomic E-state index is -0.379. The maximum atomic E-state index is 13.8. The number of methoxy groups -OCH3 is 1. The number of aliphatic hydroxyl groups excluding tert-OH is 2. The van der Waals surface area contributed by atoms with Gasteiger partial charge in [-0.15, -0.1) is 0 Å². The third-order valence-electron chi connectivity index (χ3n) is 8.37. The van der Waals surface area contributed by atoms with E-state index in [4.69, 9.17) is 14.6 Å². The van der Waals surface area contributed by atoms with Gasteiger partial charge in [0.25, 0.3) is 0 Å². The minimum Gasteiger partial charge on any atom is -0.494 e. The number of aliphatic hydroxyl groups is 2. The van der Waals surface area contributed by atoms with Crippen LogP contribution in [0.4, 0.5) is 11.4 Å². The van der Waals surface area contributed by atoms with E-state index in [-0.39, 0.29) is 49.1 Å². The van der Waals surface area contributed by atoms with Crippen molar-refractivity contribution in [3.63, 3.8) is 0 Å². The topological polar surface area (TPSA) is 112 Å². The van der Waals surface area contributed by atoms with Crippen LogP contribution in [0.15, 0.2) is 54.6 Å². The number of nitrogens with one attached hydrogen (secondary N) is 1. The van der Waals surface area contributed by atoms with E-state index in [1.54, 1.807) is 16.9 Å². The molecule has 1 fully saturated rings. The molecule has 9 nitrogen and oxygen atoms in total. The monoisotopic (exact) mass is 593 g/mol. The molecule has 1 saturated heterocycles. The zero-order chi connectivity index (χ0) is 30.8. The molecule has 234 valence electrons.